The van der Waals surface area contributed by atoms with Gasteiger partial charge in [0.15, 0.2) is 0 Å². The van der Waals surface area contributed by atoms with E-state index in [-0.39, 0.29) is 12.6 Å². The largest absolute Gasteiger partial charge is 0.480 e. The Morgan fingerprint density at radius 1 is 1.38 bits per heavy atom. The summed E-state index contributed by atoms with van der Waals surface area (Å²) in [6.45, 7) is 3.85. The molecule has 1 aliphatic rings. The number of carboxylic acid groups (broad SMARTS) is 1. The van der Waals surface area contributed by atoms with E-state index in [9.17, 15) is 19.5 Å². The number of amides is 2. The molecule has 0 saturated carbocycles. The molecule has 1 N–H and O–H groups in total. The third-order valence-electron chi connectivity index (χ3n) is 4.06. The van der Waals surface area contributed by atoms with Gasteiger partial charge in [0.05, 0.1) is 13.0 Å². The topological polar surface area (TPSA) is 87.2 Å². The summed E-state index contributed by atoms with van der Waals surface area (Å²) >= 11 is 0. The van der Waals surface area contributed by atoms with Gasteiger partial charge in [-0.3, -0.25) is 4.79 Å². The predicted octanol–water partition coefficient (Wildman–Crippen LogP) is 1.18. The lowest BCUT2D eigenvalue weighted by Gasteiger charge is -2.43. The van der Waals surface area contributed by atoms with Crippen LogP contribution in [0.1, 0.15) is 33.1 Å². The van der Waals surface area contributed by atoms with Crippen molar-refractivity contribution in [2.45, 2.75) is 38.6 Å². The van der Waals surface area contributed by atoms with Crippen LogP contribution >= 0.6 is 0 Å². The van der Waals surface area contributed by atoms with Crippen molar-refractivity contribution in [1.29, 1.82) is 0 Å². The summed E-state index contributed by atoms with van der Waals surface area (Å²) in [6, 6.07) is -0.365. The third-order valence-corrected chi connectivity index (χ3v) is 4.06. The van der Waals surface area contributed by atoms with Crippen LogP contribution in [0.4, 0.5) is 4.79 Å². The fourth-order valence-corrected chi connectivity index (χ4v) is 2.62. The molecule has 1 rings (SSSR count). The van der Waals surface area contributed by atoms with Crippen LogP contribution in [0.2, 0.25) is 0 Å². The molecule has 2 unspecified atom stereocenters. The van der Waals surface area contributed by atoms with E-state index in [1.807, 2.05) is 0 Å². The lowest BCUT2D eigenvalue weighted by Crippen LogP contribution is -2.60. The maximum Gasteiger partial charge on any atom is 0.329 e. The van der Waals surface area contributed by atoms with E-state index < -0.39 is 23.4 Å². The number of aliphatic carboxylic acids is 1. The third kappa shape index (κ3) is 3.65. The Balaban J connectivity index is 2.80. The molecule has 7 nitrogen and oxygen atoms in total. The zero-order chi connectivity index (χ0) is 16.2. The van der Waals surface area contributed by atoms with Crippen LogP contribution in [-0.4, -0.2) is 65.7 Å². The van der Waals surface area contributed by atoms with Crippen molar-refractivity contribution >= 4 is 18.0 Å². The van der Waals surface area contributed by atoms with Gasteiger partial charge >= 0.3 is 18.0 Å². The van der Waals surface area contributed by atoms with Gasteiger partial charge in [-0.05, 0) is 26.2 Å². The maximum atomic E-state index is 12.5. The van der Waals surface area contributed by atoms with E-state index in [2.05, 4.69) is 4.74 Å². The zero-order valence-electron chi connectivity index (χ0n) is 13.1. The van der Waals surface area contributed by atoms with Crippen LogP contribution < -0.4 is 0 Å². The van der Waals surface area contributed by atoms with E-state index in [0.29, 0.717) is 13.0 Å². The number of urea groups is 1. The molecule has 0 aromatic rings. The Bertz CT molecular complexity index is 426. The van der Waals surface area contributed by atoms with Crippen LogP contribution in [-0.2, 0) is 14.3 Å². The Labute approximate surface area is 124 Å². The molecular weight excluding hydrogens is 276 g/mol. The summed E-state index contributed by atoms with van der Waals surface area (Å²) in [5.41, 5.74) is -1.18. The molecule has 0 aromatic carbocycles. The number of ether oxygens (including phenoxy) is 1. The minimum absolute atomic E-state index is 0.192. The van der Waals surface area contributed by atoms with Crippen molar-refractivity contribution in [3.8, 4) is 0 Å². The first-order valence-electron chi connectivity index (χ1n) is 7.08. The molecule has 0 aromatic heterocycles. The molecule has 0 spiro atoms. The maximum absolute atomic E-state index is 12.5. The average Bonchev–Trinajstić information content (AvgIpc) is 2.45. The van der Waals surface area contributed by atoms with E-state index in [1.165, 1.54) is 16.9 Å². The smallest absolute Gasteiger partial charge is 0.329 e. The van der Waals surface area contributed by atoms with Crippen LogP contribution in [0.25, 0.3) is 0 Å². The minimum Gasteiger partial charge on any atom is -0.480 e. The molecular formula is C14H24N2O5. The lowest BCUT2D eigenvalue weighted by atomic mass is 9.89. The summed E-state index contributed by atoms with van der Waals surface area (Å²) < 4.78 is 4.63. The van der Waals surface area contributed by atoms with Gasteiger partial charge < -0.3 is 19.6 Å². The second kappa shape index (κ2) is 6.78. The molecule has 1 aliphatic heterocycles. The zero-order valence-corrected chi connectivity index (χ0v) is 13.1. The Hall–Kier alpha value is -1.79. The van der Waals surface area contributed by atoms with Gasteiger partial charge in [-0.15, -0.1) is 0 Å². The Morgan fingerprint density at radius 2 is 2.00 bits per heavy atom. The number of esters is 1. The molecule has 21 heavy (non-hydrogen) atoms. The van der Waals surface area contributed by atoms with Gasteiger partial charge in [0, 0.05) is 20.1 Å². The van der Waals surface area contributed by atoms with E-state index >= 15 is 0 Å². The highest BCUT2D eigenvalue weighted by Gasteiger charge is 2.44. The molecule has 0 bridgehead atoms. The summed E-state index contributed by atoms with van der Waals surface area (Å²) in [5.74, 6) is -1.84. The van der Waals surface area contributed by atoms with E-state index in [0.717, 1.165) is 12.8 Å². The first-order valence-corrected chi connectivity index (χ1v) is 7.08. The summed E-state index contributed by atoms with van der Waals surface area (Å²) in [6.07, 6.45) is 2.01. The van der Waals surface area contributed by atoms with Crippen LogP contribution in [0.5, 0.6) is 0 Å². The normalized spacial score (nSPS) is 23.3. The number of rotatable bonds is 4. The van der Waals surface area contributed by atoms with Crippen molar-refractivity contribution in [3.05, 3.63) is 0 Å². The molecule has 1 saturated heterocycles. The number of methoxy groups -OCH3 is 1. The average molecular weight is 300 g/mol. The van der Waals surface area contributed by atoms with Crippen LogP contribution in [0, 0.1) is 5.92 Å². The van der Waals surface area contributed by atoms with Gasteiger partial charge in [0.2, 0.25) is 0 Å². The molecule has 1 fully saturated rings. The second-order valence-corrected chi connectivity index (χ2v) is 5.78. The standard InChI is InChI=1S/C14H24N2O5/c1-10(11(17)21-4)9-15(3)13(20)16-8-6-5-7-14(16,2)12(18)19/h10H,5-9H2,1-4H3,(H,18,19). The van der Waals surface area contributed by atoms with Crippen molar-refractivity contribution < 1.29 is 24.2 Å². The van der Waals surface area contributed by atoms with E-state index in [1.54, 1.807) is 20.9 Å². The number of hydrogen-bond donors (Lipinski definition) is 1. The van der Waals surface area contributed by atoms with Crippen molar-refractivity contribution in [1.82, 2.24) is 9.80 Å². The number of likely N-dealkylation sites (tertiary alicyclic amines) is 1. The number of nitrogens with zero attached hydrogens (tertiary/aromatic N) is 2. The molecule has 120 valence electrons. The highest BCUT2D eigenvalue weighted by molar-refractivity contribution is 5.86. The summed E-state index contributed by atoms with van der Waals surface area (Å²) in [5, 5.41) is 9.42. The fourth-order valence-electron chi connectivity index (χ4n) is 2.62. The van der Waals surface area contributed by atoms with Gasteiger partial charge in [-0.2, -0.15) is 0 Å². The van der Waals surface area contributed by atoms with Gasteiger partial charge in [0.1, 0.15) is 5.54 Å². The monoisotopic (exact) mass is 300 g/mol. The minimum atomic E-state index is -1.18. The molecule has 1 heterocycles. The Morgan fingerprint density at radius 3 is 2.52 bits per heavy atom. The highest BCUT2D eigenvalue weighted by atomic mass is 16.5. The summed E-state index contributed by atoms with van der Waals surface area (Å²) in [4.78, 5) is 38.2. The second-order valence-electron chi connectivity index (χ2n) is 5.78. The quantitative estimate of drug-likeness (QED) is 0.788. The number of carbonyl (C=O) groups is 3. The first-order chi connectivity index (χ1) is 9.74. The van der Waals surface area contributed by atoms with Crippen molar-refractivity contribution in [2.24, 2.45) is 5.92 Å². The molecule has 2 amide bonds. The lowest BCUT2D eigenvalue weighted by molar-refractivity contribution is -0.151. The first kappa shape index (κ1) is 17.3. The molecule has 0 radical (unpaired) electrons. The van der Waals surface area contributed by atoms with Gasteiger partial charge in [0.25, 0.3) is 0 Å². The molecule has 2 atom stereocenters. The molecule has 0 aliphatic carbocycles. The predicted molar refractivity (Wildman–Crippen MR) is 75.8 cm³/mol. The molecule has 7 heteroatoms. The van der Waals surface area contributed by atoms with Gasteiger partial charge in [-0.1, -0.05) is 6.92 Å². The van der Waals surface area contributed by atoms with Crippen LogP contribution in [0.15, 0.2) is 0 Å². The van der Waals surface area contributed by atoms with Crippen LogP contribution in [0.3, 0.4) is 0 Å². The number of hydrogen-bond acceptors (Lipinski definition) is 4. The SMILES string of the molecule is COC(=O)C(C)CN(C)C(=O)N1CCCCC1(C)C(=O)O. The van der Waals surface area contributed by atoms with E-state index in [4.69, 9.17) is 0 Å². The van der Waals surface area contributed by atoms with Crippen molar-refractivity contribution in [2.75, 3.05) is 27.2 Å². The number of carboxylic acids is 1. The highest BCUT2D eigenvalue weighted by Crippen LogP contribution is 2.29. The summed E-state index contributed by atoms with van der Waals surface area (Å²) in [7, 11) is 2.87. The fraction of sp³-hybridized carbons (Fsp3) is 0.786. The number of piperidine rings is 1. The Kier molecular flexibility index (Phi) is 5.57. The van der Waals surface area contributed by atoms with Crippen molar-refractivity contribution in [3.63, 3.8) is 0 Å². The number of carbonyl (C=O) groups excluding carboxylic acids is 2. The van der Waals surface area contributed by atoms with Gasteiger partial charge in [-0.25, -0.2) is 9.59 Å².